The molecule has 2 amide bonds. The van der Waals surface area contributed by atoms with Gasteiger partial charge in [0.05, 0.1) is 10.4 Å². The van der Waals surface area contributed by atoms with Gasteiger partial charge in [-0.15, -0.1) is 11.3 Å². The Balaban J connectivity index is 1.67. The second-order valence-electron chi connectivity index (χ2n) is 5.12. The van der Waals surface area contributed by atoms with Crippen LogP contribution in [0.3, 0.4) is 0 Å². The topological polar surface area (TPSA) is 78.4 Å². The molecule has 0 bridgehead atoms. The average Bonchev–Trinajstić information content (AvgIpc) is 3.13. The molecule has 5 nitrogen and oxygen atoms in total. The fourth-order valence-corrected chi connectivity index (χ4v) is 2.92. The Morgan fingerprint density at radius 2 is 1.56 bits per heavy atom. The van der Waals surface area contributed by atoms with Crippen molar-refractivity contribution in [2.24, 2.45) is 0 Å². The minimum atomic E-state index is -0.477. The molecule has 3 N–H and O–H groups in total. The van der Waals surface area contributed by atoms with Crippen molar-refractivity contribution in [3.8, 4) is 5.75 Å². The Morgan fingerprint density at radius 1 is 0.920 bits per heavy atom. The van der Waals surface area contributed by atoms with Crippen LogP contribution in [0.5, 0.6) is 5.75 Å². The zero-order valence-corrected chi connectivity index (χ0v) is 14.4. The van der Waals surface area contributed by atoms with E-state index in [2.05, 4.69) is 10.6 Å². The molecule has 126 valence electrons. The summed E-state index contributed by atoms with van der Waals surface area (Å²) < 4.78 is 0. The molecule has 7 heteroatoms. The van der Waals surface area contributed by atoms with Crippen molar-refractivity contribution < 1.29 is 14.7 Å². The number of carbonyl (C=O) groups excluding carboxylic acids is 2. The van der Waals surface area contributed by atoms with Crippen LogP contribution in [-0.2, 0) is 0 Å². The van der Waals surface area contributed by atoms with E-state index >= 15 is 0 Å². The Labute approximate surface area is 152 Å². The van der Waals surface area contributed by atoms with Gasteiger partial charge in [0.2, 0.25) is 0 Å². The van der Waals surface area contributed by atoms with E-state index in [9.17, 15) is 14.7 Å². The number of carbonyl (C=O) groups is 2. The lowest BCUT2D eigenvalue weighted by atomic mass is 10.2. The molecular formula is C18H13ClN2O3S. The van der Waals surface area contributed by atoms with Crippen molar-refractivity contribution in [2.75, 3.05) is 10.6 Å². The first kappa shape index (κ1) is 17.0. The van der Waals surface area contributed by atoms with Crippen molar-refractivity contribution in [3.05, 3.63) is 75.4 Å². The standard InChI is InChI=1S/C18H13ClN2O3S/c19-11-3-8-15(22)14(10-11)17(23)20-12-4-6-13(7-5-12)21-18(24)16-2-1-9-25-16/h1-10,22H,(H,20,23)(H,21,24). The zero-order chi connectivity index (χ0) is 17.8. The smallest absolute Gasteiger partial charge is 0.265 e. The van der Waals surface area contributed by atoms with Gasteiger partial charge in [0, 0.05) is 16.4 Å². The van der Waals surface area contributed by atoms with Gasteiger partial charge in [0.25, 0.3) is 11.8 Å². The largest absolute Gasteiger partial charge is 0.507 e. The monoisotopic (exact) mass is 372 g/mol. The number of amides is 2. The van der Waals surface area contributed by atoms with E-state index in [1.807, 2.05) is 11.4 Å². The van der Waals surface area contributed by atoms with Crippen LogP contribution < -0.4 is 10.6 Å². The first-order valence-electron chi connectivity index (χ1n) is 7.28. The van der Waals surface area contributed by atoms with Gasteiger partial charge in [0.15, 0.2) is 0 Å². The molecular weight excluding hydrogens is 360 g/mol. The summed E-state index contributed by atoms with van der Waals surface area (Å²) in [5, 5.41) is 17.4. The lowest BCUT2D eigenvalue weighted by Crippen LogP contribution is -2.13. The Hall–Kier alpha value is -2.83. The molecule has 0 atom stereocenters. The maximum atomic E-state index is 12.2. The highest BCUT2D eigenvalue weighted by atomic mass is 35.5. The number of thiophene rings is 1. The highest BCUT2D eigenvalue weighted by Crippen LogP contribution is 2.23. The molecule has 3 aromatic rings. The fraction of sp³-hybridized carbons (Fsp3) is 0. The summed E-state index contributed by atoms with van der Waals surface area (Å²) in [6.07, 6.45) is 0. The zero-order valence-electron chi connectivity index (χ0n) is 12.8. The van der Waals surface area contributed by atoms with Crippen molar-refractivity contribution in [3.63, 3.8) is 0 Å². The summed E-state index contributed by atoms with van der Waals surface area (Å²) in [5.41, 5.74) is 1.23. The summed E-state index contributed by atoms with van der Waals surface area (Å²) in [6.45, 7) is 0. The minimum absolute atomic E-state index is 0.0857. The SMILES string of the molecule is O=C(Nc1ccc(NC(=O)c2cc(Cl)ccc2O)cc1)c1cccs1. The van der Waals surface area contributed by atoms with E-state index in [1.165, 1.54) is 29.5 Å². The molecule has 0 fully saturated rings. The lowest BCUT2D eigenvalue weighted by molar-refractivity contribution is 0.101. The predicted molar refractivity (Wildman–Crippen MR) is 99.8 cm³/mol. The van der Waals surface area contributed by atoms with Crippen LogP contribution in [0.15, 0.2) is 60.0 Å². The van der Waals surface area contributed by atoms with Crippen LogP contribution in [0.2, 0.25) is 5.02 Å². The number of nitrogens with one attached hydrogen (secondary N) is 2. The van der Waals surface area contributed by atoms with Gasteiger partial charge in [-0.25, -0.2) is 0 Å². The average molecular weight is 373 g/mol. The number of halogens is 1. The molecule has 3 rings (SSSR count). The fourth-order valence-electron chi connectivity index (χ4n) is 2.13. The molecule has 1 heterocycles. The van der Waals surface area contributed by atoms with Crippen LogP contribution in [-0.4, -0.2) is 16.9 Å². The summed E-state index contributed by atoms with van der Waals surface area (Å²) >= 11 is 7.20. The quantitative estimate of drug-likeness (QED) is 0.625. The van der Waals surface area contributed by atoms with Gasteiger partial charge in [-0.1, -0.05) is 17.7 Å². The van der Waals surface area contributed by atoms with Gasteiger partial charge in [-0.05, 0) is 53.9 Å². The number of phenolic OH excluding ortho intramolecular Hbond substituents is 1. The van der Waals surface area contributed by atoms with E-state index < -0.39 is 5.91 Å². The first-order chi connectivity index (χ1) is 12.0. The molecule has 0 aliphatic rings. The summed E-state index contributed by atoms with van der Waals surface area (Å²) in [7, 11) is 0. The second-order valence-corrected chi connectivity index (χ2v) is 6.51. The highest BCUT2D eigenvalue weighted by Gasteiger charge is 2.12. The van der Waals surface area contributed by atoms with Gasteiger partial charge in [-0.3, -0.25) is 9.59 Å². The van der Waals surface area contributed by atoms with Crippen molar-refractivity contribution in [2.45, 2.75) is 0 Å². The summed E-state index contributed by atoms with van der Waals surface area (Å²) in [4.78, 5) is 24.8. The third-order valence-electron chi connectivity index (χ3n) is 3.35. The maximum Gasteiger partial charge on any atom is 0.265 e. The van der Waals surface area contributed by atoms with Crippen LogP contribution in [0.25, 0.3) is 0 Å². The van der Waals surface area contributed by atoms with Crippen LogP contribution in [0, 0.1) is 0 Å². The van der Waals surface area contributed by atoms with E-state index in [1.54, 1.807) is 30.3 Å². The normalized spacial score (nSPS) is 10.3. The van der Waals surface area contributed by atoms with Crippen LogP contribution in [0.4, 0.5) is 11.4 Å². The second kappa shape index (κ2) is 7.38. The number of phenols is 1. The number of rotatable bonds is 4. The Morgan fingerprint density at radius 3 is 2.16 bits per heavy atom. The minimum Gasteiger partial charge on any atom is -0.507 e. The molecule has 2 aromatic carbocycles. The van der Waals surface area contributed by atoms with Crippen molar-refractivity contribution in [1.82, 2.24) is 0 Å². The molecule has 0 saturated carbocycles. The van der Waals surface area contributed by atoms with Gasteiger partial charge < -0.3 is 15.7 Å². The van der Waals surface area contributed by atoms with Crippen molar-refractivity contribution in [1.29, 1.82) is 0 Å². The Kier molecular flexibility index (Phi) is 5.02. The molecule has 25 heavy (non-hydrogen) atoms. The number of anilines is 2. The third-order valence-corrected chi connectivity index (χ3v) is 4.45. The van der Waals surface area contributed by atoms with Crippen LogP contribution >= 0.6 is 22.9 Å². The van der Waals surface area contributed by atoms with Crippen molar-refractivity contribution >= 4 is 46.1 Å². The molecule has 0 radical (unpaired) electrons. The molecule has 0 aliphatic heterocycles. The third kappa shape index (κ3) is 4.17. The van der Waals surface area contributed by atoms with E-state index in [-0.39, 0.29) is 17.2 Å². The van der Waals surface area contributed by atoms with Gasteiger partial charge >= 0.3 is 0 Å². The van der Waals surface area contributed by atoms with Gasteiger partial charge in [-0.2, -0.15) is 0 Å². The highest BCUT2D eigenvalue weighted by molar-refractivity contribution is 7.12. The summed E-state index contributed by atoms with van der Waals surface area (Å²) in [6, 6.07) is 14.5. The van der Waals surface area contributed by atoms with E-state index in [4.69, 9.17) is 11.6 Å². The molecule has 0 unspecified atom stereocenters. The van der Waals surface area contributed by atoms with E-state index in [0.717, 1.165) is 0 Å². The summed E-state index contributed by atoms with van der Waals surface area (Å²) in [5.74, 6) is -0.812. The molecule has 0 saturated heterocycles. The number of aromatic hydroxyl groups is 1. The number of hydrogen-bond acceptors (Lipinski definition) is 4. The number of benzene rings is 2. The number of hydrogen-bond donors (Lipinski definition) is 3. The Bertz CT molecular complexity index is 909. The first-order valence-corrected chi connectivity index (χ1v) is 8.53. The lowest BCUT2D eigenvalue weighted by Gasteiger charge is -2.09. The molecule has 1 aromatic heterocycles. The molecule has 0 aliphatic carbocycles. The predicted octanol–water partition coefficient (Wildman–Crippen LogP) is 4.61. The van der Waals surface area contributed by atoms with Gasteiger partial charge in [0.1, 0.15) is 5.75 Å². The van der Waals surface area contributed by atoms with Crippen LogP contribution in [0.1, 0.15) is 20.0 Å². The molecule has 0 spiro atoms. The maximum absolute atomic E-state index is 12.2. The van der Waals surface area contributed by atoms with E-state index in [0.29, 0.717) is 21.3 Å².